The Hall–Kier alpha value is -0.495. The molecule has 0 spiro atoms. The summed E-state index contributed by atoms with van der Waals surface area (Å²) >= 11 is 0. The van der Waals surface area contributed by atoms with Crippen molar-refractivity contribution in [3.63, 3.8) is 0 Å². The lowest BCUT2D eigenvalue weighted by molar-refractivity contribution is 0.318. The van der Waals surface area contributed by atoms with Crippen LogP contribution in [0, 0.1) is 0 Å². The first kappa shape index (κ1) is 12.2. The maximum atomic E-state index is 7.57. The van der Waals surface area contributed by atoms with Gasteiger partial charge in [-0.15, -0.1) is 0 Å². The molecular formula is C8H15BO. The average molecular weight is 138 g/mol. The molecule has 0 aromatic carbocycles. The number of hydrogen-bond acceptors (Lipinski definition) is 1. The highest BCUT2D eigenvalue weighted by Gasteiger charge is 1.72. The second-order valence-corrected chi connectivity index (χ2v) is 1.41. The Morgan fingerprint density at radius 2 is 1.60 bits per heavy atom. The van der Waals surface area contributed by atoms with Crippen LogP contribution in [0.5, 0.6) is 0 Å². The van der Waals surface area contributed by atoms with Gasteiger partial charge in [-0.25, -0.2) is 0 Å². The van der Waals surface area contributed by atoms with Gasteiger partial charge in [0.1, 0.15) is 0 Å². The van der Waals surface area contributed by atoms with Crippen LogP contribution in [0.1, 0.15) is 13.3 Å². The molecule has 0 amide bonds. The van der Waals surface area contributed by atoms with E-state index in [1.807, 2.05) is 0 Å². The lowest BCUT2D eigenvalue weighted by Gasteiger charge is -1.57. The Balaban J connectivity index is 0. The predicted octanol–water partition coefficient (Wildman–Crippen LogP) is 1.70. The van der Waals surface area contributed by atoms with E-state index in [1.165, 1.54) is 6.82 Å². The van der Waals surface area contributed by atoms with Crippen molar-refractivity contribution in [3.05, 3.63) is 24.3 Å². The van der Waals surface area contributed by atoms with E-state index in [-0.39, 0.29) is 6.61 Å². The Morgan fingerprint density at radius 3 is 1.70 bits per heavy atom. The van der Waals surface area contributed by atoms with Gasteiger partial charge in [-0.2, -0.15) is 0 Å². The lowest BCUT2D eigenvalue weighted by atomic mass is 10.2. The van der Waals surface area contributed by atoms with Crippen LogP contribution < -0.4 is 0 Å². The molecule has 1 aliphatic rings. The molecule has 0 fully saturated rings. The van der Waals surface area contributed by atoms with Crippen molar-refractivity contribution < 1.29 is 5.11 Å². The summed E-state index contributed by atoms with van der Waals surface area (Å²) < 4.78 is 0. The molecule has 0 saturated heterocycles. The monoisotopic (exact) mass is 138 g/mol. The summed E-state index contributed by atoms with van der Waals surface area (Å²) in [4.78, 5) is 0. The Labute approximate surface area is 64.9 Å². The molecular weight excluding hydrogens is 123 g/mol. The summed E-state index contributed by atoms with van der Waals surface area (Å²) in [6.45, 7) is 3.43. The van der Waals surface area contributed by atoms with E-state index >= 15 is 0 Å². The van der Waals surface area contributed by atoms with Gasteiger partial charge in [-0.05, 0) is 13.3 Å². The van der Waals surface area contributed by atoms with Gasteiger partial charge >= 0.3 is 0 Å². The van der Waals surface area contributed by atoms with Gasteiger partial charge in [-0.1, -0.05) is 31.1 Å². The minimum Gasteiger partial charge on any atom is -0.397 e. The number of hydrogen-bond donors (Lipinski definition) is 1. The van der Waals surface area contributed by atoms with Crippen molar-refractivity contribution >= 4 is 7.85 Å². The van der Waals surface area contributed by atoms with E-state index in [0.29, 0.717) is 0 Å². The molecule has 0 aliphatic heterocycles. The Morgan fingerprint density at radius 1 is 1.30 bits per heavy atom. The second-order valence-electron chi connectivity index (χ2n) is 1.41. The topological polar surface area (TPSA) is 20.2 Å². The van der Waals surface area contributed by atoms with Crippen molar-refractivity contribution in [2.75, 3.05) is 6.61 Å². The SMILES string of the molecule is C1=CCC=C1.CCO.[B]C. The van der Waals surface area contributed by atoms with Gasteiger partial charge in [0.05, 0.1) is 7.85 Å². The number of allylic oxidation sites excluding steroid dienone is 4. The normalized spacial score (nSPS) is 11.1. The van der Waals surface area contributed by atoms with Crippen LogP contribution in [0.2, 0.25) is 6.82 Å². The molecule has 10 heavy (non-hydrogen) atoms. The van der Waals surface area contributed by atoms with Gasteiger partial charge in [0.15, 0.2) is 0 Å². The molecule has 1 rings (SSSR count). The molecule has 1 nitrogen and oxygen atoms in total. The summed E-state index contributed by atoms with van der Waals surface area (Å²) in [5.41, 5.74) is 0. The summed E-state index contributed by atoms with van der Waals surface area (Å²) in [6.07, 6.45) is 9.50. The zero-order chi connectivity index (χ0) is 8.24. The average Bonchev–Trinajstić information content (AvgIpc) is 2.48. The van der Waals surface area contributed by atoms with Crippen LogP contribution in [-0.2, 0) is 0 Å². The van der Waals surface area contributed by atoms with Crippen LogP contribution in [0.25, 0.3) is 0 Å². The maximum Gasteiger partial charge on any atom is 0.0606 e. The third kappa shape index (κ3) is 15.6. The van der Waals surface area contributed by atoms with Crippen molar-refractivity contribution in [1.82, 2.24) is 0 Å². The smallest absolute Gasteiger partial charge is 0.0606 e. The molecule has 56 valence electrons. The van der Waals surface area contributed by atoms with Crippen molar-refractivity contribution in [3.8, 4) is 0 Å². The van der Waals surface area contributed by atoms with Crippen LogP contribution in [0.15, 0.2) is 24.3 Å². The highest BCUT2D eigenvalue weighted by Crippen LogP contribution is 1.93. The summed E-state index contributed by atoms with van der Waals surface area (Å²) in [5, 5.41) is 7.57. The molecule has 0 bridgehead atoms. The first-order valence-corrected chi connectivity index (χ1v) is 3.42. The van der Waals surface area contributed by atoms with Gasteiger partial charge in [0.25, 0.3) is 0 Å². The minimum atomic E-state index is 0.250. The van der Waals surface area contributed by atoms with E-state index in [4.69, 9.17) is 5.11 Å². The summed E-state index contributed by atoms with van der Waals surface area (Å²) in [6, 6.07) is 0. The standard InChI is InChI=1S/C5H6.C2H6O.CH3B/c1-2-4-5-3-1;1-2-3;1-2/h1-4H,5H2;3H,2H2,1H3;1H3. The van der Waals surface area contributed by atoms with Crippen LogP contribution >= 0.6 is 0 Å². The van der Waals surface area contributed by atoms with E-state index in [9.17, 15) is 0 Å². The third-order valence-electron chi connectivity index (χ3n) is 0.655. The Kier molecular flexibility index (Phi) is 19.3. The van der Waals surface area contributed by atoms with E-state index in [1.54, 1.807) is 6.92 Å². The highest BCUT2D eigenvalue weighted by atomic mass is 16.2. The number of aliphatic hydroxyl groups excluding tert-OH is 1. The zero-order valence-electron chi connectivity index (χ0n) is 6.75. The molecule has 0 aromatic rings. The first-order valence-electron chi connectivity index (χ1n) is 3.42. The molecule has 0 unspecified atom stereocenters. The number of rotatable bonds is 0. The van der Waals surface area contributed by atoms with Crippen LogP contribution in [0.4, 0.5) is 0 Å². The predicted molar refractivity (Wildman–Crippen MR) is 47.3 cm³/mol. The molecule has 2 radical (unpaired) electrons. The van der Waals surface area contributed by atoms with Gasteiger partial charge < -0.3 is 5.11 Å². The molecule has 1 N–H and O–H groups in total. The third-order valence-corrected chi connectivity index (χ3v) is 0.655. The first-order chi connectivity index (χ1) is 4.91. The maximum absolute atomic E-state index is 7.57. The van der Waals surface area contributed by atoms with E-state index in [0.717, 1.165) is 6.42 Å². The molecule has 2 heteroatoms. The fourth-order valence-electron chi connectivity index (χ4n) is 0.393. The van der Waals surface area contributed by atoms with Gasteiger partial charge in [0.2, 0.25) is 0 Å². The zero-order valence-corrected chi connectivity index (χ0v) is 6.75. The van der Waals surface area contributed by atoms with Crippen molar-refractivity contribution in [1.29, 1.82) is 0 Å². The van der Waals surface area contributed by atoms with Crippen molar-refractivity contribution in [2.45, 2.75) is 20.2 Å². The molecule has 0 heterocycles. The fourth-order valence-corrected chi connectivity index (χ4v) is 0.393. The molecule has 0 atom stereocenters. The summed E-state index contributed by atoms with van der Waals surface area (Å²) in [7, 11) is 4.50. The molecule has 1 aliphatic carbocycles. The van der Waals surface area contributed by atoms with E-state index in [2.05, 4.69) is 32.2 Å². The Bertz CT molecular complexity index is 77.3. The highest BCUT2D eigenvalue weighted by molar-refractivity contribution is 6.05. The quantitative estimate of drug-likeness (QED) is 0.505. The minimum absolute atomic E-state index is 0.250. The fraction of sp³-hybridized carbons (Fsp3) is 0.500. The largest absolute Gasteiger partial charge is 0.397 e. The summed E-state index contributed by atoms with van der Waals surface area (Å²) in [5.74, 6) is 0. The van der Waals surface area contributed by atoms with Gasteiger partial charge in [0, 0.05) is 6.61 Å². The molecule has 0 aromatic heterocycles. The number of aliphatic hydroxyl groups is 1. The lowest BCUT2D eigenvalue weighted by Crippen LogP contribution is -1.57. The van der Waals surface area contributed by atoms with Crippen LogP contribution in [0.3, 0.4) is 0 Å². The van der Waals surface area contributed by atoms with E-state index < -0.39 is 0 Å². The van der Waals surface area contributed by atoms with Crippen LogP contribution in [-0.4, -0.2) is 19.6 Å². The molecule has 0 saturated carbocycles. The second kappa shape index (κ2) is 15.8. The van der Waals surface area contributed by atoms with Crippen molar-refractivity contribution in [2.24, 2.45) is 0 Å². The van der Waals surface area contributed by atoms with Gasteiger partial charge in [-0.3, -0.25) is 0 Å².